The number of aryl methyl sites for hydroxylation is 1. The number of benzene rings is 1. The third-order valence-electron chi connectivity index (χ3n) is 5.67. The first-order chi connectivity index (χ1) is 14.8. The number of nitrogens with one attached hydrogen (secondary N) is 1. The van der Waals surface area contributed by atoms with Crippen molar-refractivity contribution in [2.45, 2.75) is 56.1 Å². The summed E-state index contributed by atoms with van der Waals surface area (Å²) < 4.78 is 50.3. The standard InChI is InChI=1S/C21H24FN5O3S/c1-3-27-18(8-12-25-27)16-5-4-10-21(16,2)30-15-6-7-19(17(22)13-15)31(28,29)26-20-9-11-23-14-24-20/h6-9,11-14,16H,3-5,10H2,1-2H3,(H,23,24,26)/t16-,21-/m1/s1. The van der Waals surface area contributed by atoms with E-state index < -0.39 is 26.3 Å². The third kappa shape index (κ3) is 4.25. The molecule has 8 nitrogen and oxygen atoms in total. The number of hydrogen-bond donors (Lipinski definition) is 1. The van der Waals surface area contributed by atoms with Crippen molar-refractivity contribution in [3.8, 4) is 5.75 Å². The van der Waals surface area contributed by atoms with Crippen molar-refractivity contribution >= 4 is 15.8 Å². The highest BCUT2D eigenvalue weighted by Gasteiger charge is 2.43. The molecule has 3 aromatic rings. The zero-order valence-electron chi connectivity index (χ0n) is 17.3. The molecule has 0 spiro atoms. The molecule has 0 radical (unpaired) electrons. The van der Waals surface area contributed by atoms with Gasteiger partial charge in [-0.15, -0.1) is 0 Å². The molecule has 1 aliphatic carbocycles. The van der Waals surface area contributed by atoms with Crippen LogP contribution in [0.4, 0.5) is 10.2 Å². The number of ether oxygens (including phenoxy) is 1. The van der Waals surface area contributed by atoms with Gasteiger partial charge in [0.2, 0.25) is 0 Å². The van der Waals surface area contributed by atoms with Crippen LogP contribution in [0.1, 0.15) is 44.7 Å². The molecule has 164 valence electrons. The molecular weight excluding hydrogens is 421 g/mol. The second kappa shape index (κ2) is 8.26. The predicted molar refractivity (Wildman–Crippen MR) is 113 cm³/mol. The smallest absolute Gasteiger partial charge is 0.265 e. The van der Waals surface area contributed by atoms with Crippen LogP contribution in [0.3, 0.4) is 0 Å². The zero-order chi connectivity index (χ0) is 22.1. The molecule has 0 bridgehead atoms. The first-order valence-electron chi connectivity index (χ1n) is 10.1. The maximum absolute atomic E-state index is 14.8. The normalized spacial score (nSPS) is 21.2. The minimum atomic E-state index is -4.14. The Morgan fingerprint density at radius 3 is 2.84 bits per heavy atom. The van der Waals surface area contributed by atoms with E-state index in [1.165, 1.54) is 30.7 Å². The first kappa shape index (κ1) is 21.2. The summed E-state index contributed by atoms with van der Waals surface area (Å²) in [4.78, 5) is 7.06. The van der Waals surface area contributed by atoms with Gasteiger partial charge in [0, 0.05) is 36.6 Å². The van der Waals surface area contributed by atoms with Crippen LogP contribution >= 0.6 is 0 Å². The minimum absolute atomic E-state index is 0.0589. The summed E-state index contributed by atoms with van der Waals surface area (Å²) in [7, 11) is -4.14. The van der Waals surface area contributed by atoms with Gasteiger partial charge in [-0.25, -0.2) is 22.8 Å². The summed E-state index contributed by atoms with van der Waals surface area (Å²) in [6.45, 7) is 4.81. The molecule has 4 rings (SSSR count). The molecule has 0 aliphatic heterocycles. The van der Waals surface area contributed by atoms with Crippen LogP contribution < -0.4 is 9.46 Å². The summed E-state index contributed by atoms with van der Waals surface area (Å²) in [5.74, 6) is -0.435. The first-order valence-corrected chi connectivity index (χ1v) is 11.6. The fraction of sp³-hybridized carbons (Fsp3) is 0.381. The van der Waals surface area contributed by atoms with E-state index in [4.69, 9.17) is 4.74 Å². The molecule has 31 heavy (non-hydrogen) atoms. The van der Waals surface area contributed by atoms with Gasteiger partial charge in [0.05, 0.1) is 0 Å². The van der Waals surface area contributed by atoms with Crippen LogP contribution in [-0.4, -0.2) is 33.8 Å². The lowest BCUT2D eigenvalue weighted by Crippen LogP contribution is -2.36. The van der Waals surface area contributed by atoms with Crippen molar-refractivity contribution in [2.24, 2.45) is 0 Å². The number of aromatic nitrogens is 4. The van der Waals surface area contributed by atoms with E-state index in [2.05, 4.69) is 19.8 Å². The van der Waals surface area contributed by atoms with E-state index in [1.807, 2.05) is 24.6 Å². The minimum Gasteiger partial charge on any atom is -0.487 e. The number of hydrogen-bond acceptors (Lipinski definition) is 6. The molecule has 2 aromatic heterocycles. The largest absolute Gasteiger partial charge is 0.487 e. The summed E-state index contributed by atoms with van der Waals surface area (Å²) in [5, 5.41) is 4.36. The average Bonchev–Trinajstić information content (AvgIpc) is 3.34. The van der Waals surface area contributed by atoms with Gasteiger partial charge in [-0.1, -0.05) is 0 Å². The Kier molecular flexibility index (Phi) is 5.65. The summed E-state index contributed by atoms with van der Waals surface area (Å²) in [5.41, 5.74) is 0.551. The van der Waals surface area contributed by atoms with E-state index in [0.29, 0.717) is 0 Å². The summed E-state index contributed by atoms with van der Waals surface area (Å²) in [6.07, 6.45) is 7.11. The van der Waals surface area contributed by atoms with Crippen LogP contribution in [0.5, 0.6) is 5.75 Å². The molecule has 1 aliphatic rings. The lowest BCUT2D eigenvalue weighted by Gasteiger charge is -2.33. The van der Waals surface area contributed by atoms with E-state index >= 15 is 0 Å². The molecule has 2 heterocycles. The topological polar surface area (TPSA) is 99.0 Å². The fourth-order valence-electron chi connectivity index (χ4n) is 4.20. The van der Waals surface area contributed by atoms with Gasteiger partial charge in [0.15, 0.2) is 0 Å². The van der Waals surface area contributed by atoms with Crippen molar-refractivity contribution in [3.05, 3.63) is 60.6 Å². The quantitative estimate of drug-likeness (QED) is 0.595. The zero-order valence-corrected chi connectivity index (χ0v) is 18.1. The number of anilines is 1. The van der Waals surface area contributed by atoms with E-state index in [1.54, 1.807) is 6.20 Å². The van der Waals surface area contributed by atoms with Gasteiger partial charge in [-0.05, 0) is 57.4 Å². The van der Waals surface area contributed by atoms with Crippen molar-refractivity contribution in [1.29, 1.82) is 0 Å². The molecule has 10 heteroatoms. The fourth-order valence-corrected chi connectivity index (χ4v) is 5.27. The van der Waals surface area contributed by atoms with E-state index in [9.17, 15) is 12.8 Å². The predicted octanol–water partition coefficient (Wildman–Crippen LogP) is 3.74. The van der Waals surface area contributed by atoms with Gasteiger partial charge in [-0.3, -0.25) is 9.40 Å². The van der Waals surface area contributed by atoms with Gasteiger partial charge in [0.25, 0.3) is 10.0 Å². The molecule has 1 fully saturated rings. The second-order valence-electron chi connectivity index (χ2n) is 7.72. The Labute approximate surface area is 180 Å². The van der Waals surface area contributed by atoms with Crippen molar-refractivity contribution in [3.63, 3.8) is 0 Å². The molecule has 0 amide bonds. The van der Waals surface area contributed by atoms with Crippen LogP contribution in [0.2, 0.25) is 0 Å². The van der Waals surface area contributed by atoms with Gasteiger partial charge in [0.1, 0.15) is 34.2 Å². The monoisotopic (exact) mass is 445 g/mol. The number of sulfonamides is 1. The Morgan fingerprint density at radius 1 is 1.29 bits per heavy atom. The van der Waals surface area contributed by atoms with Crippen molar-refractivity contribution in [1.82, 2.24) is 19.7 Å². The highest BCUT2D eigenvalue weighted by molar-refractivity contribution is 7.92. The maximum atomic E-state index is 14.8. The molecule has 0 unspecified atom stereocenters. The Balaban J connectivity index is 1.57. The van der Waals surface area contributed by atoms with Gasteiger partial charge in [-0.2, -0.15) is 5.10 Å². The molecule has 1 N–H and O–H groups in total. The Bertz CT molecular complexity index is 1170. The van der Waals surface area contributed by atoms with Gasteiger partial charge < -0.3 is 4.74 Å². The van der Waals surface area contributed by atoms with Crippen LogP contribution in [0, 0.1) is 5.82 Å². The Hall–Kier alpha value is -3.01. The van der Waals surface area contributed by atoms with E-state index in [0.717, 1.165) is 37.6 Å². The van der Waals surface area contributed by atoms with Gasteiger partial charge >= 0.3 is 0 Å². The summed E-state index contributed by atoms with van der Waals surface area (Å²) >= 11 is 0. The molecule has 1 saturated carbocycles. The van der Waals surface area contributed by atoms with Crippen LogP contribution in [0.25, 0.3) is 0 Å². The number of rotatable bonds is 7. The summed E-state index contributed by atoms with van der Waals surface area (Å²) in [6, 6.07) is 7.19. The molecule has 2 atom stereocenters. The maximum Gasteiger partial charge on any atom is 0.265 e. The lowest BCUT2D eigenvalue weighted by molar-refractivity contribution is 0.0745. The SMILES string of the molecule is CCn1nccc1[C@H]1CCC[C@@]1(C)Oc1ccc(S(=O)(=O)Nc2ccncn2)c(F)c1. The van der Waals surface area contributed by atoms with E-state index in [-0.39, 0.29) is 17.5 Å². The lowest BCUT2D eigenvalue weighted by atomic mass is 9.89. The van der Waals surface area contributed by atoms with Crippen molar-refractivity contribution in [2.75, 3.05) is 4.72 Å². The molecule has 0 saturated heterocycles. The number of nitrogens with zero attached hydrogens (tertiary/aromatic N) is 4. The highest BCUT2D eigenvalue weighted by Crippen LogP contribution is 2.45. The molecule has 1 aromatic carbocycles. The number of halogens is 1. The average molecular weight is 446 g/mol. The van der Waals surface area contributed by atoms with Crippen LogP contribution in [-0.2, 0) is 16.6 Å². The van der Waals surface area contributed by atoms with Crippen molar-refractivity contribution < 1.29 is 17.5 Å². The van der Waals surface area contributed by atoms with Crippen LogP contribution in [0.15, 0.2) is 53.9 Å². The third-order valence-corrected chi connectivity index (χ3v) is 7.06. The highest BCUT2D eigenvalue weighted by atomic mass is 32.2. The second-order valence-corrected chi connectivity index (χ2v) is 9.37. The Morgan fingerprint density at radius 2 is 2.13 bits per heavy atom. The molecular formula is C21H24FN5O3S.